The Hall–Kier alpha value is -5.53. The lowest BCUT2D eigenvalue weighted by atomic mass is 9.95. The number of piperidine rings is 1. The molecule has 4 heterocycles. The van der Waals surface area contributed by atoms with Crippen LogP contribution in [0.2, 0.25) is 0 Å². The van der Waals surface area contributed by atoms with Gasteiger partial charge in [0.2, 0.25) is 11.8 Å². The molecule has 2 amide bonds. The lowest BCUT2D eigenvalue weighted by Crippen LogP contribution is -2.39. The van der Waals surface area contributed by atoms with Crippen molar-refractivity contribution in [3.63, 3.8) is 0 Å². The fourth-order valence-electron chi connectivity index (χ4n) is 5.55. The van der Waals surface area contributed by atoms with Gasteiger partial charge in [-0.15, -0.1) is 0 Å². The van der Waals surface area contributed by atoms with Crippen LogP contribution in [0.1, 0.15) is 47.7 Å². The molecule has 3 N–H and O–H groups in total. The zero-order valence-electron chi connectivity index (χ0n) is 26.3. The van der Waals surface area contributed by atoms with Gasteiger partial charge in [0.15, 0.2) is 11.5 Å². The van der Waals surface area contributed by atoms with Crippen LogP contribution in [0.4, 0.5) is 24.5 Å². The van der Waals surface area contributed by atoms with Gasteiger partial charge in [0.25, 0.3) is 5.91 Å². The van der Waals surface area contributed by atoms with E-state index in [1.165, 1.54) is 24.4 Å². The van der Waals surface area contributed by atoms with E-state index in [9.17, 15) is 22.8 Å². The Morgan fingerprint density at radius 2 is 1.81 bits per heavy atom. The Morgan fingerprint density at radius 1 is 1.04 bits per heavy atom. The van der Waals surface area contributed by atoms with Crippen molar-refractivity contribution in [1.29, 1.82) is 0 Å². The third-order valence-corrected chi connectivity index (χ3v) is 8.29. The maximum Gasteiger partial charge on any atom is 0.418 e. The van der Waals surface area contributed by atoms with Crippen LogP contribution in [0, 0.1) is 12.8 Å². The number of benzene rings is 2. The molecule has 48 heavy (non-hydrogen) atoms. The first-order chi connectivity index (χ1) is 23.1. The van der Waals surface area contributed by atoms with Crippen LogP contribution in [0.25, 0.3) is 22.4 Å². The first-order valence-electron chi connectivity index (χ1n) is 15.5. The van der Waals surface area contributed by atoms with Crippen LogP contribution in [-0.4, -0.2) is 56.6 Å². The summed E-state index contributed by atoms with van der Waals surface area (Å²) in [5.41, 5.74) is 1.28. The lowest BCUT2D eigenvalue weighted by molar-refractivity contribution is -0.137. The molecule has 1 fully saturated rings. The minimum atomic E-state index is -4.64. The third-order valence-electron chi connectivity index (χ3n) is 8.29. The number of H-pyrrole nitrogens is 1. The minimum Gasteiger partial charge on any atom is -0.438 e. The highest BCUT2D eigenvalue weighted by molar-refractivity contribution is 6.04. The van der Waals surface area contributed by atoms with Crippen LogP contribution >= 0.6 is 0 Å². The summed E-state index contributed by atoms with van der Waals surface area (Å²) in [6.07, 6.45) is 1.83. The summed E-state index contributed by atoms with van der Waals surface area (Å²) in [6, 6.07) is 12.1. The number of aryl methyl sites for hydroxylation is 1. The van der Waals surface area contributed by atoms with Gasteiger partial charge in [-0.3, -0.25) is 19.7 Å². The van der Waals surface area contributed by atoms with E-state index in [4.69, 9.17) is 4.74 Å². The topological polar surface area (TPSA) is 138 Å². The number of carbonyl (C=O) groups is 2. The number of pyridine rings is 1. The molecule has 1 aliphatic rings. The van der Waals surface area contributed by atoms with Crippen LogP contribution in [0.3, 0.4) is 0 Å². The molecule has 3 aromatic heterocycles. The quantitative estimate of drug-likeness (QED) is 0.163. The predicted molar refractivity (Wildman–Crippen MR) is 174 cm³/mol. The normalized spacial score (nSPS) is 13.8. The molecule has 0 radical (unpaired) electrons. The fourth-order valence-corrected chi connectivity index (χ4v) is 5.55. The first kappa shape index (κ1) is 32.4. The van der Waals surface area contributed by atoms with Crippen molar-refractivity contribution in [3.8, 4) is 23.0 Å². The van der Waals surface area contributed by atoms with Gasteiger partial charge in [0.1, 0.15) is 11.1 Å². The number of halogens is 3. The molecule has 0 spiro atoms. The van der Waals surface area contributed by atoms with Gasteiger partial charge in [0, 0.05) is 61.0 Å². The molecule has 6 rings (SSSR count). The standard InChI is InChI=1S/C34H33F3N8O3/c1-3-29(46)39-18-21-10-14-45(15-11-21)27-7-6-24(17-26(27)34(35,36)37)41-32(47)23-5-4-20(2)28(16-23)48-33-25-19-40-44-31(25)42-30(43-33)22-8-12-38-13-9-22/h4-9,12-13,16-17,19,21H,3,10-11,14-15,18H2,1-2H3,(H,39,46)(H,41,47)(H,40,42,43,44). The molecule has 14 heteroatoms. The number of nitrogens with one attached hydrogen (secondary N) is 3. The molecule has 0 aliphatic carbocycles. The number of amides is 2. The predicted octanol–water partition coefficient (Wildman–Crippen LogP) is 6.53. The van der Waals surface area contributed by atoms with Crippen molar-refractivity contribution in [1.82, 2.24) is 30.5 Å². The Labute approximate surface area is 274 Å². The van der Waals surface area contributed by atoms with Crippen molar-refractivity contribution in [2.45, 2.75) is 39.3 Å². The number of nitrogens with zero attached hydrogens (tertiary/aromatic N) is 5. The number of fused-ring (bicyclic) bond motifs is 1. The van der Waals surface area contributed by atoms with Gasteiger partial charge in [-0.2, -0.15) is 23.3 Å². The van der Waals surface area contributed by atoms with Crippen LogP contribution in [0.5, 0.6) is 11.6 Å². The molecular weight excluding hydrogens is 625 g/mol. The second-order valence-electron chi connectivity index (χ2n) is 11.6. The van der Waals surface area contributed by atoms with E-state index in [1.807, 2.05) is 0 Å². The number of hydrogen-bond donors (Lipinski definition) is 3. The molecule has 0 atom stereocenters. The van der Waals surface area contributed by atoms with Gasteiger partial charge in [-0.25, -0.2) is 4.98 Å². The first-order valence-corrected chi connectivity index (χ1v) is 15.5. The minimum absolute atomic E-state index is 0.00850. The average molecular weight is 659 g/mol. The van der Waals surface area contributed by atoms with Crippen molar-refractivity contribution in [2.24, 2.45) is 5.92 Å². The molecule has 0 unspecified atom stereocenters. The van der Waals surface area contributed by atoms with E-state index in [1.54, 1.807) is 55.4 Å². The van der Waals surface area contributed by atoms with Crippen molar-refractivity contribution in [3.05, 3.63) is 83.8 Å². The Kier molecular flexibility index (Phi) is 9.24. The van der Waals surface area contributed by atoms with Gasteiger partial charge in [-0.05, 0) is 73.7 Å². The van der Waals surface area contributed by atoms with Crippen molar-refractivity contribution >= 4 is 34.2 Å². The van der Waals surface area contributed by atoms with E-state index in [2.05, 4.69) is 35.8 Å². The Morgan fingerprint density at radius 3 is 2.54 bits per heavy atom. The van der Waals surface area contributed by atoms with Gasteiger partial charge < -0.3 is 20.3 Å². The summed E-state index contributed by atoms with van der Waals surface area (Å²) >= 11 is 0. The highest BCUT2D eigenvalue weighted by atomic mass is 19.4. The van der Waals surface area contributed by atoms with Gasteiger partial charge >= 0.3 is 6.18 Å². The molecule has 0 saturated carbocycles. The number of anilines is 2. The molecule has 0 bridgehead atoms. The fraction of sp³-hybridized carbons (Fsp3) is 0.294. The molecule has 11 nitrogen and oxygen atoms in total. The molecular formula is C34H33F3N8O3. The molecule has 5 aromatic rings. The van der Waals surface area contributed by atoms with E-state index in [-0.39, 0.29) is 34.6 Å². The highest BCUT2D eigenvalue weighted by Crippen LogP contribution is 2.40. The maximum absolute atomic E-state index is 14.3. The number of rotatable bonds is 9. The smallest absolute Gasteiger partial charge is 0.418 e. The number of aromatic nitrogens is 5. The average Bonchev–Trinajstić information content (AvgIpc) is 3.58. The third kappa shape index (κ3) is 7.22. The van der Waals surface area contributed by atoms with Crippen LogP contribution < -0.4 is 20.3 Å². The molecule has 1 saturated heterocycles. The van der Waals surface area contributed by atoms with E-state index in [0.29, 0.717) is 72.6 Å². The molecule has 1 aliphatic heterocycles. The maximum atomic E-state index is 14.3. The van der Waals surface area contributed by atoms with Gasteiger partial charge in [0.05, 0.1) is 11.8 Å². The number of alkyl halides is 3. The summed E-state index contributed by atoms with van der Waals surface area (Å²) < 4.78 is 49.0. The summed E-state index contributed by atoms with van der Waals surface area (Å²) in [5, 5.41) is 12.9. The number of carbonyl (C=O) groups excluding carboxylic acids is 2. The van der Waals surface area contributed by atoms with E-state index >= 15 is 0 Å². The highest BCUT2D eigenvalue weighted by Gasteiger charge is 2.36. The number of aromatic amines is 1. The van der Waals surface area contributed by atoms with Crippen molar-refractivity contribution in [2.75, 3.05) is 29.9 Å². The SMILES string of the molecule is CCC(=O)NCC1CCN(c2ccc(NC(=O)c3ccc(C)c(Oc4nc(-c5ccncc5)nc5[nH]ncc45)c3)cc2C(F)(F)F)CC1. The van der Waals surface area contributed by atoms with Crippen LogP contribution in [0.15, 0.2) is 67.1 Å². The molecule has 2 aromatic carbocycles. The Balaban J connectivity index is 1.19. The lowest BCUT2D eigenvalue weighted by Gasteiger charge is -2.35. The Bertz CT molecular complexity index is 1940. The number of ether oxygens (including phenoxy) is 1. The van der Waals surface area contributed by atoms with Gasteiger partial charge in [-0.1, -0.05) is 13.0 Å². The second kappa shape index (κ2) is 13.7. The largest absolute Gasteiger partial charge is 0.438 e. The second-order valence-corrected chi connectivity index (χ2v) is 11.6. The monoisotopic (exact) mass is 658 g/mol. The zero-order chi connectivity index (χ0) is 33.8. The van der Waals surface area contributed by atoms with E-state index in [0.717, 1.165) is 6.07 Å². The van der Waals surface area contributed by atoms with E-state index < -0.39 is 17.6 Å². The molecule has 248 valence electrons. The zero-order valence-corrected chi connectivity index (χ0v) is 26.3. The summed E-state index contributed by atoms with van der Waals surface area (Å²) in [7, 11) is 0. The summed E-state index contributed by atoms with van der Waals surface area (Å²) in [6.45, 7) is 4.94. The summed E-state index contributed by atoms with van der Waals surface area (Å²) in [5.74, 6) is 0.473. The number of hydrogen-bond acceptors (Lipinski definition) is 8. The van der Waals surface area contributed by atoms with Crippen LogP contribution in [-0.2, 0) is 11.0 Å². The van der Waals surface area contributed by atoms with Crippen molar-refractivity contribution < 1.29 is 27.5 Å². The summed E-state index contributed by atoms with van der Waals surface area (Å²) in [4.78, 5) is 39.7.